The highest BCUT2D eigenvalue weighted by molar-refractivity contribution is 7.71. The van der Waals surface area contributed by atoms with E-state index in [1.165, 1.54) is 16.8 Å². The van der Waals surface area contributed by atoms with Crippen LogP contribution in [0.15, 0.2) is 29.4 Å². The van der Waals surface area contributed by atoms with Gasteiger partial charge in [0, 0.05) is 11.3 Å². The summed E-state index contributed by atoms with van der Waals surface area (Å²) in [5.41, 5.74) is 5.49. The second-order valence-corrected chi connectivity index (χ2v) is 6.09. The SMILES string of the molecule is Cc1ccc(C=Nn2c(-c3n[nH]c4c3CCC4)n[nH]c2=S)cc1. The third-order valence-corrected chi connectivity index (χ3v) is 4.33. The molecule has 2 aromatic heterocycles. The Hall–Kier alpha value is -2.54. The number of aromatic nitrogens is 5. The van der Waals surface area contributed by atoms with E-state index in [2.05, 4.69) is 44.6 Å². The normalized spacial score (nSPS) is 13.8. The average molecular weight is 324 g/mol. The predicted molar refractivity (Wildman–Crippen MR) is 91.2 cm³/mol. The number of hydrogen-bond acceptors (Lipinski definition) is 4. The minimum atomic E-state index is 0.457. The van der Waals surface area contributed by atoms with Crippen LogP contribution in [0.4, 0.5) is 0 Å². The van der Waals surface area contributed by atoms with E-state index >= 15 is 0 Å². The lowest BCUT2D eigenvalue weighted by Gasteiger charge is -2.00. The molecule has 116 valence electrons. The van der Waals surface area contributed by atoms with Gasteiger partial charge in [0.2, 0.25) is 10.6 Å². The Balaban J connectivity index is 1.73. The van der Waals surface area contributed by atoms with Crippen LogP contribution in [0.25, 0.3) is 11.5 Å². The molecule has 23 heavy (non-hydrogen) atoms. The van der Waals surface area contributed by atoms with Crippen molar-refractivity contribution in [1.82, 2.24) is 25.1 Å². The van der Waals surface area contributed by atoms with Crippen molar-refractivity contribution in [3.63, 3.8) is 0 Å². The molecule has 7 heteroatoms. The number of hydrogen-bond donors (Lipinski definition) is 2. The minimum absolute atomic E-state index is 0.457. The zero-order valence-electron chi connectivity index (χ0n) is 12.7. The fourth-order valence-electron chi connectivity index (χ4n) is 2.83. The molecule has 3 aromatic rings. The molecule has 0 radical (unpaired) electrons. The number of aryl methyl sites for hydroxylation is 2. The molecule has 0 saturated carbocycles. The number of benzene rings is 1. The van der Waals surface area contributed by atoms with Crippen LogP contribution >= 0.6 is 12.2 Å². The van der Waals surface area contributed by atoms with Gasteiger partial charge in [-0.1, -0.05) is 29.8 Å². The van der Waals surface area contributed by atoms with E-state index in [0.717, 1.165) is 30.5 Å². The fraction of sp³-hybridized carbons (Fsp3) is 0.250. The third-order valence-electron chi connectivity index (χ3n) is 4.07. The highest BCUT2D eigenvalue weighted by Gasteiger charge is 2.23. The molecule has 1 aliphatic carbocycles. The molecule has 2 heterocycles. The van der Waals surface area contributed by atoms with Crippen LogP contribution in [-0.4, -0.2) is 31.3 Å². The van der Waals surface area contributed by atoms with E-state index in [-0.39, 0.29) is 0 Å². The lowest BCUT2D eigenvalue weighted by Crippen LogP contribution is -1.97. The molecule has 4 rings (SSSR count). The lowest BCUT2D eigenvalue weighted by molar-refractivity contribution is 0.844. The summed E-state index contributed by atoms with van der Waals surface area (Å²) in [7, 11) is 0. The Morgan fingerprint density at radius 1 is 1.17 bits per heavy atom. The summed E-state index contributed by atoms with van der Waals surface area (Å²) in [6.45, 7) is 2.06. The summed E-state index contributed by atoms with van der Waals surface area (Å²) in [5, 5.41) is 19.1. The van der Waals surface area contributed by atoms with Crippen molar-refractivity contribution in [3.05, 3.63) is 51.4 Å². The van der Waals surface area contributed by atoms with Gasteiger partial charge in [-0.05, 0) is 44.0 Å². The Morgan fingerprint density at radius 2 is 2.00 bits per heavy atom. The highest BCUT2D eigenvalue weighted by atomic mass is 32.1. The Morgan fingerprint density at radius 3 is 2.83 bits per heavy atom. The van der Waals surface area contributed by atoms with Crippen molar-refractivity contribution in [2.75, 3.05) is 0 Å². The molecule has 0 bridgehead atoms. The maximum Gasteiger partial charge on any atom is 0.216 e. The zero-order valence-corrected chi connectivity index (χ0v) is 13.5. The summed E-state index contributed by atoms with van der Waals surface area (Å²) >= 11 is 5.30. The number of fused-ring (bicyclic) bond motifs is 1. The van der Waals surface area contributed by atoms with E-state index in [1.807, 2.05) is 12.1 Å². The smallest absolute Gasteiger partial charge is 0.216 e. The average Bonchev–Trinajstić information content (AvgIpc) is 3.23. The first-order chi connectivity index (χ1) is 11.2. The largest absolute Gasteiger partial charge is 0.282 e. The zero-order chi connectivity index (χ0) is 15.8. The van der Waals surface area contributed by atoms with Crippen LogP contribution in [0, 0.1) is 11.7 Å². The standard InChI is InChI=1S/C16H16N6S/c1-10-5-7-11(8-6-10)9-17-22-15(20-21-16(22)23)14-12-3-2-4-13(12)18-19-14/h5-9H,2-4H2,1H3,(H,18,19)(H,21,23). The molecular formula is C16H16N6S. The second-order valence-electron chi connectivity index (χ2n) is 5.70. The molecule has 0 atom stereocenters. The molecule has 2 N–H and O–H groups in total. The topological polar surface area (TPSA) is 74.7 Å². The van der Waals surface area contributed by atoms with Crippen molar-refractivity contribution in [2.45, 2.75) is 26.2 Å². The first kappa shape index (κ1) is 14.1. The van der Waals surface area contributed by atoms with Crippen LogP contribution in [0.5, 0.6) is 0 Å². The minimum Gasteiger partial charge on any atom is -0.282 e. The number of aromatic amines is 2. The van der Waals surface area contributed by atoms with Crippen molar-refractivity contribution < 1.29 is 0 Å². The third kappa shape index (κ3) is 2.53. The first-order valence-electron chi connectivity index (χ1n) is 7.57. The summed E-state index contributed by atoms with van der Waals surface area (Å²) in [6.07, 6.45) is 4.98. The first-order valence-corrected chi connectivity index (χ1v) is 7.98. The maximum atomic E-state index is 5.30. The van der Waals surface area contributed by atoms with Gasteiger partial charge in [0.15, 0.2) is 0 Å². The van der Waals surface area contributed by atoms with Gasteiger partial charge < -0.3 is 0 Å². The Bertz CT molecular complexity index is 928. The lowest BCUT2D eigenvalue weighted by atomic mass is 10.2. The van der Waals surface area contributed by atoms with Crippen molar-refractivity contribution in [2.24, 2.45) is 5.10 Å². The van der Waals surface area contributed by atoms with Crippen molar-refractivity contribution in [1.29, 1.82) is 0 Å². The van der Waals surface area contributed by atoms with Gasteiger partial charge in [-0.15, -0.1) is 0 Å². The van der Waals surface area contributed by atoms with E-state index in [4.69, 9.17) is 12.2 Å². The molecular weight excluding hydrogens is 308 g/mol. The molecule has 6 nitrogen and oxygen atoms in total. The van der Waals surface area contributed by atoms with E-state index in [9.17, 15) is 0 Å². The number of nitrogens with zero attached hydrogens (tertiary/aromatic N) is 4. The monoisotopic (exact) mass is 324 g/mol. The van der Waals surface area contributed by atoms with Gasteiger partial charge in [0.25, 0.3) is 0 Å². The molecule has 0 fully saturated rings. The number of nitrogens with one attached hydrogen (secondary N) is 2. The van der Waals surface area contributed by atoms with Crippen LogP contribution in [-0.2, 0) is 12.8 Å². The van der Waals surface area contributed by atoms with Crippen molar-refractivity contribution in [3.8, 4) is 11.5 Å². The van der Waals surface area contributed by atoms with Gasteiger partial charge in [0.1, 0.15) is 5.69 Å². The van der Waals surface area contributed by atoms with Gasteiger partial charge in [-0.2, -0.15) is 20.0 Å². The van der Waals surface area contributed by atoms with E-state index in [0.29, 0.717) is 10.6 Å². The summed E-state index contributed by atoms with van der Waals surface area (Å²) in [4.78, 5) is 0. The molecule has 0 amide bonds. The maximum absolute atomic E-state index is 5.30. The van der Waals surface area contributed by atoms with Crippen LogP contribution in [0.3, 0.4) is 0 Å². The van der Waals surface area contributed by atoms with Gasteiger partial charge in [-0.3, -0.25) is 5.10 Å². The number of rotatable bonds is 3. The van der Waals surface area contributed by atoms with Crippen LogP contribution in [0.1, 0.15) is 28.8 Å². The molecule has 0 aliphatic heterocycles. The Labute approximate surface area is 138 Å². The van der Waals surface area contributed by atoms with E-state index < -0.39 is 0 Å². The quantitative estimate of drug-likeness (QED) is 0.574. The van der Waals surface area contributed by atoms with Crippen molar-refractivity contribution >= 4 is 18.4 Å². The summed E-state index contributed by atoms with van der Waals surface area (Å²) in [6, 6.07) is 8.15. The molecule has 1 aromatic carbocycles. The van der Waals surface area contributed by atoms with Gasteiger partial charge in [0.05, 0.1) is 6.21 Å². The fourth-order valence-corrected chi connectivity index (χ4v) is 3.01. The van der Waals surface area contributed by atoms with Crippen LogP contribution in [0.2, 0.25) is 0 Å². The Kier molecular flexibility index (Phi) is 3.42. The van der Waals surface area contributed by atoms with Gasteiger partial charge in [-0.25, -0.2) is 5.10 Å². The number of H-pyrrole nitrogens is 2. The second kappa shape index (κ2) is 5.58. The highest BCUT2D eigenvalue weighted by Crippen LogP contribution is 2.29. The van der Waals surface area contributed by atoms with Gasteiger partial charge >= 0.3 is 0 Å². The summed E-state index contributed by atoms with van der Waals surface area (Å²) in [5.74, 6) is 0.651. The molecule has 0 unspecified atom stereocenters. The molecule has 1 aliphatic rings. The van der Waals surface area contributed by atoms with Crippen LogP contribution < -0.4 is 0 Å². The predicted octanol–water partition coefficient (Wildman–Crippen LogP) is 3.01. The summed E-state index contributed by atoms with van der Waals surface area (Å²) < 4.78 is 2.09. The molecule has 0 saturated heterocycles. The van der Waals surface area contributed by atoms with E-state index in [1.54, 1.807) is 10.9 Å². The molecule has 0 spiro atoms.